The topological polar surface area (TPSA) is 82.1 Å². The van der Waals surface area contributed by atoms with E-state index in [0.29, 0.717) is 0 Å². The maximum atomic E-state index is 12.3. The summed E-state index contributed by atoms with van der Waals surface area (Å²) in [5.41, 5.74) is 0.943. The summed E-state index contributed by atoms with van der Waals surface area (Å²) in [5.74, 6) is -1.74. The molecule has 116 valence electrons. The zero-order valence-electron chi connectivity index (χ0n) is 11.2. The van der Waals surface area contributed by atoms with Gasteiger partial charge in [0.1, 0.15) is 6.10 Å². The van der Waals surface area contributed by atoms with Gasteiger partial charge in [-0.05, 0) is 19.1 Å². The van der Waals surface area contributed by atoms with Crippen LogP contribution in [0.3, 0.4) is 0 Å². The van der Waals surface area contributed by atoms with Crippen molar-refractivity contribution in [2.45, 2.75) is 34.6 Å². The Morgan fingerprint density at radius 3 is 2.67 bits per heavy atom. The molecule has 21 heavy (non-hydrogen) atoms. The third-order valence-electron chi connectivity index (χ3n) is 3.65. The Labute approximate surface area is 131 Å². The van der Waals surface area contributed by atoms with Crippen molar-refractivity contribution < 1.29 is 27.2 Å². The molecule has 0 amide bonds. The largest absolute Gasteiger partial charge is 0.368 e. The van der Waals surface area contributed by atoms with Gasteiger partial charge in [0.15, 0.2) is 6.10 Å². The number of alkyl halides is 1. The van der Waals surface area contributed by atoms with Crippen LogP contribution in [0.15, 0.2) is 29.2 Å². The molecule has 6 nitrogen and oxygen atoms in total. The first-order valence-electron chi connectivity index (χ1n) is 6.45. The molecule has 4 atom stereocenters. The Kier molecular flexibility index (Phi) is 3.88. The number of fused-ring (bicyclic) bond motifs is 1. The van der Waals surface area contributed by atoms with E-state index in [0.717, 1.165) is 5.56 Å². The quantitative estimate of drug-likeness (QED) is 0.622. The van der Waals surface area contributed by atoms with Gasteiger partial charge in [0, 0.05) is 0 Å². The SMILES string of the molecule is Cc1ccc(S(=O)(=O)O[C@@H]2CO[C@@H]3[C@@H](Br)CO[C@]32O)cc1. The molecule has 2 aliphatic rings. The Morgan fingerprint density at radius 2 is 2.00 bits per heavy atom. The summed E-state index contributed by atoms with van der Waals surface area (Å²) in [6.07, 6.45) is -1.73. The van der Waals surface area contributed by atoms with Crippen LogP contribution in [-0.4, -0.2) is 49.6 Å². The molecule has 0 bridgehead atoms. The van der Waals surface area contributed by atoms with Crippen LogP contribution in [0, 0.1) is 6.92 Å². The summed E-state index contributed by atoms with van der Waals surface area (Å²) in [4.78, 5) is -0.160. The molecule has 1 aromatic carbocycles. The van der Waals surface area contributed by atoms with E-state index < -0.39 is 28.1 Å². The molecule has 2 saturated heterocycles. The summed E-state index contributed by atoms with van der Waals surface area (Å²) in [6.45, 7) is 2.04. The molecule has 8 heteroatoms. The molecular formula is C13H15BrO6S. The average Bonchev–Trinajstić information content (AvgIpc) is 2.89. The molecule has 0 aliphatic carbocycles. The Hall–Kier alpha value is -0.510. The minimum atomic E-state index is -3.99. The van der Waals surface area contributed by atoms with Crippen molar-refractivity contribution in [3.63, 3.8) is 0 Å². The van der Waals surface area contributed by atoms with E-state index in [1.807, 2.05) is 6.92 Å². The van der Waals surface area contributed by atoms with E-state index in [-0.39, 0.29) is 22.9 Å². The Balaban J connectivity index is 1.82. The number of ether oxygens (including phenoxy) is 2. The number of aliphatic hydroxyl groups is 1. The molecule has 2 aliphatic heterocycles. The van der Waals surface area contributed by atoms with Crippen LogP contribution in [0.4, 0.5) is 0 Å². The lowest BCUT2D eigenvalue weighted by atomic mass is 10.1. The van der Waals surface area contributed by atoms with Gasteiger partial charge in [-0.15, -0.1) is 0 Å². The number of hydrogen-bond acceptors (Lipinski definition) is 6. The highest BCUT2D eigenvalue weighted by atomic mass is 79.9. The molecule has 0 aromatic heterocycles. The number of benzene rings is 1. The summed E-state index contributed by atoms with van der Waals surface area (Å²) >= 11 is 3.33. The van der Waals surface area contributed by atoms with E-state index in [9.17, 15) is 13.5 Å². The zero-order valence-corrected chi connectivity index (χ0v) is 13.6. The van der Waals surface area contributed by atoms with E-state index in [1.54, 1.807) is 12.1 Å². The van der Waals surface area contributed by atoms with Crippen LogP contribution in [0.5, 0.6) is 0 Å². The maximum absolute atomic E-state index is 12.3. The minimum absolute atomic E-state index is 0.0357. The van der Waals surface area contributed by atoms with Crippen LogP contribution in [0.2, 0.25) is 0 Å². The third kappa shape index (κ3) is 2.64. The molecule has 1 N–H and O–H groups in total. The minimum Gasteiger partial charge on any atom is -0.368 e. The molecule has 0 radical (unpaired) electrons. The van der Waals surface area contributed by atoms with Crippen LogP contribution in [-0.2, 0) is 23.8 Å². The van der Waals surface area contributed by atoms with Crippen molar-refractivity contribution in [3.8, 4) is 0 Å². The molecule has 1 aromatic rings. The van der Waals surface area contributed by atoms with Gasteiger partial charge >= 0.3 is 0 Å². The van der Waals surface area contributed by atoms with Gasteiger partial charge in [0.2, 0.25) is 5.79 Å². The summed E-state index contributed by atoms with van der Waals surface area (Å²) < 4.78 is 40.3. The van der Waals surface area contributed by atoms with Gasteiger partial charge in [0.05, 0.1) is 22.9 Å². The highest BCUT2D eigenvalue weighted by Crippen LogP contribution is 2.40. The van der Waals surface area contributed by atoms with Crippen LogP contribution < -0.4 is 0 Å². The van der Waals surface area contributed by atoms with E-state index >= 15 is 0 Å². The molecule has 2 fully saturated rings. The fourth-order valence-corrected chi connectivity index (χ4v) is 4.21. The van der Waals surface area contributed by atoms with Crippen molar-refractivity contribution in [1.29, 1.82) is 0 Å². The molecule has 0 unspecified atom stereocenters. The predicted molar refractivity (Wildman–Crippen MR) is 76.6 cm³/mol. The van der Waals surface area contributed by atoms with Gasteiger partial charge in [-0.3, -0.25) is 4.18 Å². The Bertz CT molecular complexity index is 631. The number of aryl methyl sites for hydroxylation is 1. The van der Waals surface area contributed by atoms with Crippen molar-refractivity contribution in [2.24, 2.45) is 0 Å². The molecule has 3 rings (SSSR count). The Morgan fingerprint density at radius 1 is 1.33 bits per heavy atom. The monoisotopic (exact) mass is 378 g/mol. The number of hydrogen-bond donors (Lipinski definition) is 1. The lowest BCUT2D eigenvalue weighted by Gasteiger charge is -2.26. The molecule has 0 spiro atoms. The normalized spacial score (nSPS) is 35.9. The summed E-state index contributed by atoms with van der Waals surface area (Å²) in [5, 5.41) is 10.4. The number of halogens is 1. The van der Waals surface area contributed by atoms with Gasteiger partial charge in [-0.25, -0.2) is 0 Å². The molecular weight excluding hydrogens is 364 g/mol. The second-order valence-corrected chi connectivity index (χ2v) is 7.93. The highest BCUT2D eigenvalue weighted by Gasteiger charge is 2.60. The van der Waals surface area contributed by atoms with Crippen molar-refractivity contribution in [1.82, 2.24) is 0 Å². The highest BCUT2D eigenvalue weighted by molar-refractivity contribution is 9.09. The maximum Gasteiger partial charge on any atom is 0.297 e. The van der Waals surface area contributed by atoms with Crippen LogP contribution in [0.1, 0.15) is 5.56 Å². The van der Waals surface area contributed by atoms with Crippen molar-refractivity contribution in [2.75, 3.05) is 13.2 Å². The van der Waals surface area contributed by atoms with Crippen molar-refractivity contribution >= 4 is 26.0 Å². The lowest BCUT2D eigenvalue weighted by molar-refractivity contribution is -0.217. The fraction of sp³-hybridized carbons (Fsp3) is 0.538. The van der Waals surface area contributed by atoms with Crippen LogP contribution in [0.25, 0.3) is 0 Å². The van der Waals surface area contributed by atoms with Gasteiger partial charge in [-0.2, -0.15) is 8.42 Å². The molecule has 2 heterocycles. The second-order valence-electron chi connectivity index (χ2n) is 5.18. The first kappa shape index (κ1) is 15.4. The number of rotatable bonds is 3. The van der Waals surface area contributed by atoms with E-state index in [2.05, 4.69) is 15.9 Å². The second kappa shape index (κ2) is 5.29. The summed E-state index contributed by atoms with van der Waals surface area (Å²) in [7, 11) is -3.99. The lowest BCUT2D eigenvalue weighted by Crippen LogP contribution is -2.48. The molecule has 0 saturated carbocycles. The van der Waals surface area contributed by atoms with Gasteiger partial charge in [-0.1, -0.05) is 33.6 Å². The summed E-state index contributed by atoms with van der Waals surface area (Å²) in [6, 6.07) is 6.29. The van der Waals surface area contributed by atoms with E-state index in [1.165, 1.54) is 12.1 Å². The van der Waals surface area contributed by atoms with Crippen molar-refractivity contribution in [3.05, 3.63) is 29.8 Å². The van der Waals surface area contributed by atoms with Crippen LogP contribution >= 0.6 is 15.9 Å². The van der Waals surface area contributed by atoms with E-state index in [4.69, 9.17) is 13.7 Å². The third-order valence-corrected chi connectivity index (χ3v) is 5.73. The van der Waals surface area contributed by atoms with Gasteiger partial charge < -0.3 is 14.6 Å². The standard InChI is InChI=1S/C13H15BrO6S/c1-8-2-4-9(5-3-8)21(16,17)20-11-7-18-12-10(14)6-19-13(11,12)15/h2-5,10-12,15H,6-7H2,1H3/t10-,11+,12+,13-/m0/s1. The average molecular weight is 379 g/mol. The predicted octanol–water partition coefficient (Wildman–Crippen LogP) is 0.950. The smallest absolute Gasteiger partial charge is 0.297 e. The zero-order chi connectivity index (χ0) is 15.3. The first-order chi connectivity index (χ1) is 9.83. The fourth-order valence-electron chi connectivity index (χ4n) is 2.46. The first-order valence-corrected chi connectivity index (χ1v) is 8.77. The van der Waals surface area contributed by atoms with Gasteiger partial charge in [0.25, 0.3) is 10.1 Å².